The molecule has 1 aliphatic rings. The van der Waals surface area contributed by atoms with E-state index in [1.165, 1.54) is 15.9 Å². The molecule has 1 N–H and O–H groups in total. The SMILES string of the molecule is COc1ccc(C(=O)Nc2cccc(C=Nn3cnc4sc5c(c4c3=O)CCCC5)c2)cc1. The van der Waals surface area contributed by atoms with Gasteiger partial charge < -0.3 is 10.1 Å². The topological polar surface area (TPSA) is 85.6 Å². The molecule has 1 amide bonds. The average Bonchev–Trinajstić information content (AvgIpc) is 3.23. The first-order valence-corrected chi connectivity index (χ1v) is 11.6. The number of methoxy groups -OCH3 is 1. The number of hydrogen-bond donors (Lipinski definition) is 1. The van der Waals surface area contributed by atoms with Gasteiger partial charge in [0.15, 0.2) is 0 Å². The lowest BCUT2D eigenvalue weighted by atomic mass is 9.97. The van der Waals surface area contributed by atoms with Gasteiger partial charge >= 0.3 is 0 Å². The molecule has 0 radical (unpaired) electrons. The van der Waals surface area contributed by atoms with E-state index in [0.717, 1.165) is 41.6 Å². The molecule has 2 aromatic heterocycles. The Morgan fingerprint density at radius 2 is 2.00 bits per heavy atom. The van der Waals surface area contributed by atoms with Crippen LogP contribution in [0.2, 0.25) is 0 Å². The lowest BCUT2D eigenvalue weighted by Crippen LogP contribution is -2.18. The van der Waals surface area contributed by atoms with Gasteiger partial charge in [0.2, 0.25) is 0 Å². The zero-order chi connectivity index (χ0) is 22.8. The molecule has 4 aromatic rings. The molecule has 7 nitrogen and oxygen atoms in total. The number of hydrogen-bond acceptors (Lipinski definition) is 6. The van der Waals surface area contributed by atoms with Crippen LogP contribution >= 0.6 is 11.3 Å². The van der Waals surface area contributed by atoms with E-state index in [-0.39, 0.29) is 11.5 Å². The zero-order valence-electron chi connectivity index (χ0n) is 18.1. The number of aromatic nitrogens is 2. The number of nitrogens with one attached hydrogen (secondary N) is 1. The fourth-order valence-corrected chi connectivity index (χ4v) is 5.21. The maximum Gasteiger partial charge on any atom is 0.282 e. The number of thiophene rings is 1. The largest absolute Gasteiger partial charge is 0.497 e. The second-order valence-corrected chi connectivity index (χ2v) is 8.92. The van der Waals surface area contributed by atoms with E-state index in [1.54, 1.807) is 61.1 Å². The van der Waals surface area contributed by atoms with Crippen LogP contribution in [0.5, 0.6) is 5.75 Å². The Morgan fingerprint density at radius 3 is 2.82 bits per heavy atom. The number of fused-ring (bicyclic) bond motifs is 3. The summed E-state index contributed by atoms with van der Waals surface area (Å²) in [4.78, 5) is 32.1. The maximum atomic E-state index is 13.0. The maximum absolute atomic E-state index is 13.0. The van der Waals surface area contributed by atoms with Gasteiger partial charge in [0.05, 0.1) is 18.7 Å². The van der Waals surface area contributed by atoms with Crippen molar-refractivity contribution >= 4 is 39.4 Å². The minimum atomic E-state index is -0.222. The Balaban J connectivity index is 1.36. The number of benzene rings is 2. The summed E-state index contributed by atoms with van der Waals surface area (Å²) in [6, 6.07) is 14.2. The van der Waals surface area contributed by atoms with Crippen LogP contribution in [0.3, 0.4) is 0 Å². The number of aryl methyl sites for hydroxylation is 2. The molecule has 5 rings (SSSR count). The van der Waals surface area contributed by atoms with Crippen molar-refractivity contribution in [3.63, 3.8) is 0 Å². The van der Waals surface area contributed by atoms with Crippen LogP contribution in [0, 0.1) is 0 Å². The first-order valence-electron chi connectivity index (χ1n) is 10.7. The van der Waals surface area contributed by atoms with E-state index >= 15 is 0 Å². The Kier molecular flexibility index (Phi) is 5.75. The molecular weight excluding hydrogens is 436 g/mol. The molecule has 0 saturated heterocycles. The van der Waals surface area contributed by atoms with Gasteiger partial charge in [-0.05, 0) is 73.2 Å². The minimum absolute atomic E-state index is 0.139. The monoisotopic (exact) mass is 458 g/mol. The van der Waals surface area contributed by atoms with Crippen molar-refractivity contribution in [2.24, 2.45) is 5.10 Å². The highest BCUT2D eigenvalue weighted by Crippen LogP contribution is 2.33. The summed E-state index contributed by atoms with van der Waals surface area (Å²) in [5, 5.41) is 7.93. The lowest BCUT2D eigenvalue weighted by Gasteiger charge is -2.09. The van der Waals surface area contributed by atoms with Gasteiger partial charge in [-0.1, -0.05) is 12.1 Å². The van der Waals surface area contributed by atoms with Crippen LogP contribution in [0.15, 0.2) is 64.8 Å². The van der Waals surface area contributed by atoms with E-state index in [9.17, 15) is 9.59 Å². The van der Waals surface area contributed by atoms with Crippen molar-refractivity contribution in [2.45, 2.75) is 25.7 Å². The molecule has 2 heterocycles. The fourth-order valence-electron chi connectivity index (χ4n) is 3.99. The van der Waals surface area contributed by atoms with Crippen molar-refractivity contribution in [1.82, 2.24) is 9.66 Å². The Hall–Kier alpha value is -3.78. The van der Waals surface area contributed by atoms with Crippen LogP contribution in [0.4, 0.5) is 5.69 Å². The Labute approximate surface area is 194 Å². The normalized spacial score (nSPS) is 13.2. The Bertz CT molecular complexity index is 1420. The van der Waals surface area contributed by atoms with Gasteiger partial charge in [0.25, 0.3) is 11.5 Å². The molecule has 33 heavy (non-hydrogen) atoms. The van der Waals surface area contributed by atoms with Crippen LogP contribution in [0.1, 0.15) is 39.2 Å². The minimum Gasteiger partial charge on any atom is -0.497 e. The molecule has 0 fully saturated rings. The molecule has 2 aromatic carbocycles. The van der Waals surface area contributed by atoms with Crippen LogP contribution in [0.25, 0.3) is 10.2 Å². The summed E-state index contributed by atoms with van der Waals surface area (Å²) in [7, 11) is 1.58. The summed E-state index contributed by atoms with van der Waals surface area (Å²) in [6.45, 7) is 0. The number of carbonyl (C=O) groups is 1. The van der Waals surface area contributed by atoms with Gasteiger partial charge in [-0.25, -0.2) is 4.98 Å². The van der Waals surface area contributed by atoms with Crippen molar-refractivity contribution in [3.8, 4) is 5.75 Å². The summed E-state index contributed by atoms with van der Waals surface area (Å²) < 4.78 is 6.41. The zero-order valence-corrected chi connectivity index (χ0v) is 18.9. The third-order valence-corrected chi connectivity index (χ3v) is 6.89. The molecular formula is C25H22N4O3S. The van der Waals surface area contributed by atoms with E-state index in [1.807, 2.05) is 12.1 Å². The molecule has 8 heteroatoms. The average molecular weight is 459 g/mol. The molecule has 166 valence electrons. The highest BCUT2D eigenvalue weighted by atomic mass is 32.1. The first-order chi connectivity index (χ1) is 16.1. The van der Waals surface area contributed by atoms with Gasteiger partial charge in [-0.2, -0.15) is 9.78 Å². The number of carbonyl (C=O) groups excluding carboxylic acids is 1. The standard InChI is InChI=1S/C25H22N4O3S/c1-32-19-11-9-17(10-12-19)23(30)28-18-6-4-5-16(13-18)14-27-29-15-26-24-22(25(29)31)20-7-2-3-8-21(20)33-24/h4-6,9-15H,2-3,7-8H2,1H3,(H,28,30). The predicted octanol–water partition coefficient (Wildman–Crippen LogP) is 4.48. The number of rotatable bonds is 5. The molecule has 0 aliphatic heterocycles. The van der Waals surface area contributed by atoms with Crippen molar-refractivity contribution in [3.05, 3.63) is 86.8 Å². The van der Waals surface area contributed by atoms with Crippen LogP contribution in [-0.2, 0) is 12.8 Å². The van der Waals surface area contributed by atoms with E-state index in [0.29, 0.717) is 22.4 Å². The summed E-state index contributed by atoms with van der Waals surface area (Å²) >= 11 is 1.62. The Morgan fingerprint density at radius 1 is 1.18 bits per heavy atom. The molecule has 0 saturated carbocycles. The smallest absolute Gasteiger partial charge is 0.282 e. The number of nitrogens with zero attached hydrogens (tertiary/aromatic N) is 3. The fraction of sp³-hybridized carbons (Fsp3) is 0.200. The van der Waals surface area contributed by atoms with E-state index in [2.05, 4.69) is 15.4 Å². The van der Waals surface area contributed by atoms with Gasteiger partial charge in [0, 0.05) is 16.1 Å². The lowest BCUT2D eigenvalue weighted by molar-refractivity contribution is 0.102. The second-order valence-electron chi connectivity index (χ2n) is 7.84. The summed E-state index contributed by atoms with van der Waals surface area (Å²) in [5.74, 6) is 0.468. The van der Waals surface area contributed by atoms with Crippen LogP contribution < -0.4 is 15.6 Å². The highest BCUT2D eigenvalue weighted by molar-refractivity contribution is 7.18. The van der Waals surface area contributed by atoms with E-state index < -0.39 is 0 Å². The summed E-state index contributed by atoms with van der Waals surface area (Å²) in [6.07, 6.45) is 7.28. The van der Waals surface area contributed by atoms with Crippen molar-refractivity contribution in [2.75, 3.05) is 12.4 Å². The third-order valence-electron chi connectivity index (χ3n) is 5.69. The van der Waals surface area contributed by atoms with Gasteiger partial charge in [-0.3, -0.25) is 9.59 Å². The van der Waals surface area contributed by atoms with Gasteiger partial charge in [-0.15, -0.1) is 11.3 Å². The second kappa shape index (κ2) is 8.99. The van der Waals surface area contributed by atoms with Crippen molar-refractivity contribution in [1.29, 1.82) is 0 Å². The van der Waals surface area contributed by atoms with Gasteiger partial charge in [0.1, 0.15) is 16.9 Å². The highest BCUT2D eigenvalue weighted by Gasteiger charge is 2.19. The van der Waals surface area contributed by atoms with Crippen molar-refractivity contribution < 1.29 is 9.53 Å². The molecule has 0 unspecified atom stereocenters. The summed E-state index contributed by atoms with van der Waals surface area (Å²) in [5.41, 5.74) is 2.92. The molecule has 0 atom stereocenters. The first kappa shape index (κ1) is 21.1. The third kappa shape index (κ3) is 4.29. The van der Waals surface area contributed by atoms with Crippen LogP contribution in [-0.4, -0.2) is 28.9 Å². The number of ether oxygens (including phenoxy) is 1. The molecule has 1 aliphatic carbocycles. The molecule has 0 spiro atoms. The predicted molar refractivity (Wildman–Crippen MR) is 131 cm³/mol. The number of anilines is 1. The number of amides is 1. The van der Waals surface area contributed by atoms with E-state index in [4.69, 9.17) is 4.74 Å². The quantitative estimate of drug-likeness (QED) is 0.447. The molecule has 0 bridgehead atoms.